The van der Waals surface area contributed by atoms with Gasteiger partial charge in [0.15, 0.2) is 0 Å². The summed E-state index contributed by atoms with van der Waals surface area (Å²) in [6.07, 6.45) is 0. The van der Waals surface area contributed by atoms with Gasteiger partial charge in [-0.15, -0.1) is 5.10 Å². The van der Waals surface area contributed by atoms with Crippen LogP contribution in [0.5, 0.6) is 0 Å². The Kier molecular flexibility index (Phi) is 3.60. The number of thioether (sulfide) groups is 1. The molecule has 0 aromatic carbocycles. The Bertz CT molecular complexity index is 324. The Labute approximate surface area is 96.8 Å². The van der Waals surface area contributed by atoms with Crippen molar-refractivity contribution in [3.05, 3.63) is 0 Å². The lowest BCUT2D eigenvalue weighted by atomic mass is 10.1. The largest absolute Gasteiger partial charge is 0.215 e. The van der Waals surface area contributed by atoms with E-state index in [2.05, 4.69) is 55.9 Å². The van der Waals surface area contributed by atoms with Crippen LogP contribution in [0.15, 0.2) is 5.16 Å². The highest BCUT2D eigenvalue weighted by molar-refractivity contribution is 8.00. The van der Waals surface area contributed by atoms with E-state index < -0.39 is 8.07 Å². The van der Waals surface area contributed by atoms with Gasteiger partial charge in [0.2, 0.25) is 5.16 Å². The van der Waals surface area contributed by atoms with E-state index in [4.69, 9.17) is 0 Å². The fourth-order valence-electron chi connectivity index (χ4n) is 0.971. The molecule has 0 aliphatic carbocycles. The number of hydrogen-bond acceptors (Lipinski definition) is 4. The molecule has 1 aromatic rings. The van der Waals surface area contributed by atoms with Gasteiger partial charge in [-0.2, -0.15) is 0 Å². The summed E-state index contributed by atoms with van der Waals surface area (Å²) in [4.78, 5) is 0. The topological polar surface area (TPSA) is 43.6 Å². The summed E-state index contributed by atoms with van der Waals surface area (Å²) in [5.74, 6) is 0. The van der Waals surface area contributed by atoms with Gasteiger partial charge in [-0.1, -0.05) is 31.4 Å². The lowest BCUT2D eigenvalue weighted by Crippen LogP contribution is -2.27. The van der Waals surface area contributed by atoms with Crippen molar-refractivity contribution >= 4 is 19.8 Å². The predicted octanol–water partition coefficient (Wildman–Crippen LogP) is 2.40. The molecule has 0 saturated heterocycles. The number of nitrogens with zero attached hydrogens (tertiary/aromatic N) is 4. The summed E-state index contributed by atoms with van der Waals surface area (Å²) >= 11 is 1.78. The predicted molar refractivity (Wildman–Crippen MR) is 66.9 cm³/mol. The molecule has 1 aromatic heterocycles. The fraction of sp³-hybridized carbons (Fsp3) is 0.889. The molecule has 86 valence electrons. The number of tetrazole rings is 1. The van der Waals surface area contributed by atoms with Gasteiger partial charge in [-0.3, -0.25) is 0 Å². The van der Waals surface area contributed by atoms with Gasteiger partial charge in [0.1, 0.15) is 0 Å². The quantitative estimate of drug-likeness (QED) is 0.605. The van der Waals surface area contributed by atoms with Crippen LogP contribution in [-0.4, -0.2) is 33.7 Å². The Morgan fingerprint density at radius 2 is 1.87 bits per heavy atom. The zero-order valence-corrected chi connectivity index (χ0v) is 12.2. The van der Waals surface area contributed by atoms with Crippen molar-refractivity contribution in [2.75, 3.05) is 5.38 Å². The third-order valence-electron chi connectivity index (χ3n) is 1.71. The SMILES string of the molecule is CC(C)(C)n1nnnc1SC[Si](C)(C)C. The molecular weight excluding hydrogens is 224 g/mol. The van der Waals surface area contributed by atoms with Crippen molar-refractivity contribution in [3.8, 4) is 0 Å². The van der Waals surface area contributed by atoms with Gasteiger partial charge in [0.25, 0.3) is 0 Å². The van der Waals surface area contributed by atoms with Crippen molar-refractivity contribution in [1.82, 2.24) is 20.2 Å². The van der Waals surface area contributed by atoms with Crippen LogP contribution in [0.1, 0.15) is 20.8 Å². The molecule has 0 unspecified atom stereocenters. The Balaban J connectivity index is 2.75. The Hall–Kier alpha value is -0.363. The van der Waals surface area contributed by atoms with Crippen molar-refractivity contribution in [3.63, 3.8) is 0 Å². The molecule has 0 bridgehead atoms. The second kappa shape index (κ2) is 4.25. The average Bonchev–Trinajstić information content (AvgIpc) is 2.45. The summed E-state index contributed by atoms with van der Waals surface area (Å²) in [6, 6.07) is 0. The minimum atomic E-state index is -1.04. The Morgan fingerprint density at radius 1 is 1.27 bits per heavy atom. The van der Waals surface area contributed by atoms with Crippen molar-refractivity contribution in [1.29, 1.82) is 0 Å². The first-order valence-electron chi connectivity index (χ1n) is 5.12. The zero-order chi connectivity index (χ0) is 11.7. The van der Waals surface area contributed by atoms with Crippen LogP contribution in [0.25, 0.3) is 0 Å². The lowest BCUT2D eigenvalue weighted by molar-refractivity contribution is 0.321. The van der Waals surface area contributed by atoms with Gasteiger partial charge in [-0.05, 0) is 36.6 Å². The maximum atomic E-state index is 4.07. The van der Waals surface area contributed by atoms with Crippen LogP contribution in [0.4, 0.5) is 0 Å². The molecule has 0 aliphatic rings. The molecule has 1 rings (SSSR count). The van der Waals surface area contributed by atoms with E-state index in [0.29, 0.717) is 0 Å². The van der Waals surface area contributed by atoms with Crippen LogP contribution in [-0.2, 0) is 5.54 Å². The molecule has 6 heteroatoms. The maximum absolute atomic E-state index is 4.07. The first-order valence-corrected chi connectivity index (χ1v) is 9.81. The Morgan fingerprint density at radius 3 is 2.33 bits per heavy atom. The fourth-order valence-corrected chi connectivity index (χ4v) is 3.75. The molecule has 0 N–H and O–H groups in total. The monoisotopic (exact) mass is 244 g/mol. The van der Waals surface area contributed by atoms with Crippen LogP contribution >= 0.6 is 11.8 Å². The van der Waals surface area contributed by atoms with E-state index in [-0.39, 0.29) is 5.54 Å². The van der Waals surface area contributed by atoms with E-state index in [1.54, 1.807) is 11.8 Å². The average molecular weight is 244 g/mol. The summed E-state index contributed by atoms with van der Waals surface area (Å²) < 4.78 is 1.90. The molecule has 0 spiro atoms. The molecule has 0 saturated carbocycles. The summed E-state index contributed by atoms with van der Waals surface area (Å²) in [5.41, 5.74) is -0.0364. The minimum Gasteiger partial charge on any atom is -0.215 e. The van der Waals surface area contributed by atoms with E-state index in [0.717, 1.165) is 10.5 Å². The van der Waals surface area contributed by atoms with Crippen LogP contribution in [0, 0.1) is 0 Å². The van der Waals surface area contributed by atoms with E-state index in [1.807, 2.05) is 4.68 Å². The van der Waals surface area contributed by atoms with Crippen molar-refractivity contribution in [2.45, 2.75) is 51.1 Å². The maximum Gasteiger partial charge on any atom is 0.209 e. The molecule has 0 aliphatic heterocycles. The molecule has 0 atom stereocenters. The van der Waals surface area contributed by atoms with Crippen molar-refractivity contribution in [2.24, 2.45) is 0 Å². The van der Waals surface area contributed by atoms with Gasteiger partial charge >= 0.3 is 0 Å². The zero-order valence-electron chi connectivity index (χ0n) is 10.4. The molecule has 4 nitrogen and oxygen atoms in total. The standard InChI is InChI=1S/C9H20N4SSi/c1-9(2,3)13-8(10-11-12-13)14-7-15(4,5)6/h7H2,1-6H3. The van der Waals surface area contributed by atoms with Crippen LogP contribution < -0.4 is 0 Å². The van der Waals surface area contributed by atoms with Crippen LogP contribution in [0.3, 0.4) is 0 Å². The van der Waals surface area contributed by atoms with Gasteiger partial charge in [-0.25, -0.2) is 4.68 Å². The highest BCUT2D eigenvalue weighted by Gasteiger charge is 2.22. The van der Waals surface area contributed by atoms with Crippen molar-refractivity contribution < 1.29 is 0 Å². The number of rotatable bonds is 3. The summed E-state index contributed by atoms with van der Waals surface area (Å²) in [5, 5.41) is 13.9. The molecule has 0 radical (unpaired) electrons. The molecule has 15 heavy (non-hydrogen) atoms. The number of hydrogen-bond donors (Lipinski definition) is 0. The minimum absolute atomic E-state index is 0.0364. The first kappa shape index (κ1) is 12.7. The molecule has 1 heterocycles. The number of aromatic nitrogens is 4. The molecular formula is C9H20N4SSi. The summed E-state index contributed by atoms with van der Waals surface area (Å²) in [6.45, 7) is 13.4. The first-order chi connectivity index (χ1) is 6.70. The smallest absolute Gasteiger partial charge is 0.209 e. The second-order valence-corrected chi connectivity index (χ2v) is 12.8. The van der Waals surface area contributed by atoms with E-state index in [9.17, 15) is 0 Å². The molecule has 0 amide bonds. The van der Waals surface area contributed by atoms with E-state index >= 15 is 0 Å². The third kappa shape index (κ3) is 3.94. The second-order valence-electron chi connectivity index (χ2n) is 5.89. The molecule has 0 fully saturated rings. The van der Waals surface area contributed by atoms with Gasteiger partial charge in [0, 0.05) is 0 Å². The van der Waals surface area contributed by atoms with Gasteiger partial charge < -0.3 is 0 Å². The van der Waals surface area contributed by atoms with Crippen LogP contribution in [0.2, 0.25) is 19.6 Å². The summed E-state index contributed by atoms with van der Waals surface area (Å²) in [7, 11) is -1.04. The lowest BCUT2D eigenvalue weighted by Gasteiger charge is -2.21. The normalized spacial score (nSPS) is 13.2. The highest BCUT2D eigenvalue weighted by Crippen LogP contribution is 2.23. The van der Waals surface area contributed by atoms with E-state index in [1.165, 1.54) is 0 Å². The third-order valence-corrected chi connectivity index (χ3v) is 6.26. The highest BCUT2D eigenvalue weighted by atomic mass is 32.2. The van der Waals surface area contributed by atoms with Gasteiger partial charge in [0.05, 0.1) is 13.6 Å².